The molecule has 0 aromatic carbocycles. The van der Waals surface area contributed by atoms with E-state index in [2.05, 4.69) is 16.8 Å². The van der Waals surface area contributed by atoms with Crippen LogP contribution in [0.1, 0.15) is 38.5 Å². The molecule has 0 spiro atoms. The Labute approximate surface area is 98.8 Å². The molecule has 2 fully saturated rings. The summed E-state index contributed by atoms with van der Waals surface area (Å²) in [6, 6.07) is 0.755. The minimum absolute atomic E-state index is 0.434. The van der Waals surface area contributed by atoms with Gasteiger partial charge >= 0.3 is 0 Å². The van der Waals surface area contributed by atoms with Crippen molar-refractivity contribution in [3.63, 3.8) is 0 Å². The van der Waals surface area contributed by atoms with Crippen molar-refractivity contribution in [3.05, 3.63) is 0 Å². The average Bonchev–Trinajstić information content (AvgIpc) is 2.28. The number of hydrogen-bond acceptors (Lipinski definition) is 3. The van der Waals surface area contributed by atoms with Crippen molar-refractivity contribution in [1.82, 2.24) is 9.80 Å². The average molecular weight is 224 g/mol. The van der Waals surface area contributed by atoms with Crippen LogP contribution in [-0.2, 0) is 4.79 Å². The van der Waals surface area contributed by atoms with E-state index in [0.29, 0.717) is 12.3 Å². The molecular formula is C13H24N2O. The fourth-order valence-electron chi connectivity index (χ4n) is 2.94. The monoisotopic (exact) mass is 224 g/mol. The molecule has 3 heteroatoms. The highest BCUT2D eigenvalue weighted by atomic mass is 16.1. The van der Waals surface area contributed by atoms with E-state index in [4.69, 9.17) is 0 Å². The van der Waals surface area contributed by atoms with Gasteiger partial charge in [0.15, 0.2) is 0 Å². The zero-order valence-electron chi connectivity index (χ0n) is 10.5. The molecule has 16 heavy (non-hydrogen) atoms. The summed E-state index contributed by atoms with van der Waals surface area (Å²) in [4.78, 5) is 16.2. The molecule has 0 aromatic heterocycles. The first-order valence-corrected chi connectivity index (χ1v) is 6.70. The molecule has 0 radical (unpaired) electrons. The summed E-state index contributed by atoms with van der Waals surface area (Å²) >= 11 is 0. The number of piperidine rings is 2. The number of ketones is 1. The second-order valence-electron chi connectivity index (χ2n) is 5.34. The summed E-state index contributed by atoms with van der Waals surface area (Å²) in [6.07, 6.45) is 7.20. The third-order valence-corrected chi connectivity index (χ3v) is 4.03. The summed E-state index contributed by atoms with van der Waals surface area (Å²) in [5, 5.41) is 0. The highest BCUT2D eigenvalue weighted by Gasteiger charge is 2.21. The second kappa shape index (κ2) is 5.78. The van der Waals surface area contributed by atoms with Crippen LogP contribution in [0.2, 0.25) is 0 Å². The SMILES string of the molecule is CN1CCCCC1CCN1CCCC(=O)C1. The maximum absolute atomic E-state index is 11.3. The Kier molecular flexibility index (Phi) is 4.36. The fraction of sp³-hybridized carbons (Fsp3) is 0.923. The topological polar surface area (TPSA) is 23.6 Å². The van der Waals surface area contributed by atoms with Gasteiger partial charge in [0.2, 0.25) is 0 Å². The van der Waals surface area contributed by atoms with Crippen LogP contribution in [0.3, 0.4) is 0 Å². The van der Waals surface area contributed by atoms with Crippen LogP contribution < -0.4 is 0 Å². The van der Waals surface area contributed by atoms with Crippen LogP contribution in [0.15, 0.2) is 0 Å². The smallest absolute Gasteiger partial charge is 0.146 e. The number of carbonyl (C=O) groups excluding carboxylic acids is 1. The molecule has 0 saturated carbocycles. The van der Waals surface area contributed by atoms with Crippen LogP contribution in [0.5, 0.6) is 0 Å². The molecule has 2 heterocycles. The van der Waals surface area contributed by atoms with E-state index in [1.165, 1.54) is 32.2 Å². The third kappa shape index (κ3) is 3.29. The lowest BCUT2D eigenvalue weighted by Gasteiger charge is -2.34. The van der Waals surface area contributed by atoms with Crippen molar-refractivity contribution in [2.24, 2.45) is 0 Å². The first-order chi connectivity index (χ1) is 7.75. The van der Waals surface area contributed by atoms with E-state index >= 15 is 0 Å². The molecule has 0 aromatic rings. The molecule has 1 atom stereocenters. The van der Waals surface area contributed by atoms with Gasteiger partial charge in [-0.05, 0) is 45.8 Å². The number of rotatable bonds is 3. The van der Waals surface area contributed by atoms with Gasteiger partial charge in [0.05, 0.1) is 6.54 Å². The quantitative estimate of drug-likeness (QED) is 0.726. The van der Waals surface area contributed by atoms with Crippen molar-refractivity contribution >= 4 is 5.78 Å². The van der Waals surface area contributed by atoms with Crippen molar-refractivity contribution < 1.29 is 4.79 Å². The van der Waals surface area contributed by atoms with Gasteiger partial charge in [-0.2, -0.15) is 0 Å². The Balaban J connectivity index is 1.71. The number of likely N-dealkylation sites (tertiary alicyclic amines) is 2. The van der Waals surface area contributed by atoms with E-state index < -0.39 is 0 Å². The van der Waals surface area contributed by atoms with Gasteiger partial charge in [0, 0.05) is 19.0 Å². The normalized spacial score (nSPS) is 29.6. The molecule has 3 nitrogen and oxygen atoms in total. The number of nitrogens with zero attached hydrogens (tertiary/aromatic N) is 2. The minimum Gasteiger partial charge on any atom is -0.303 e. The molecule has 0 aliphatic carbocycles. The molecule has 92 valence electrons. The van der Waals surface area contributed by atoms with Gasteiger partial charge in [-0.15, -0.1) is 0 Å². The zero-order chi connectivity index (χ0) is 11.4. The highest BCUT2D eigenvalue weighted by molar-refractivity contribution is 5.81. The molecule has 2 saturated heterocycles. The first-order valence-electron chi connectivity index (χ1n) is 6.70. The summed E-state index contributed by atoms with van der Waals surface area (Å²) in [6.45, 7) is 4.20. The van der Waals surface area contributed by atoms with Gasteiger partial charge in [-0.1, -0.05) is 6.42 Å². The molecule has 2 rings (SSSR count). The predicted octanol–water partition coefficient (Wildman–Crippen LogP) is 1.53. The molecule has 0 bridgehead atoms. The van der Waals surface area contributed by atoms with Crippen LogP contribution >= 0.6 is 0 Å². The lowest BCUT2D eigenvalue weighted by molar-refractivity contribution is -0.122. The van der Waals surface area contributed by atoms with Crippen molar-refractivity contribution in [1.29, 1.82) is 0 Å². The summed E-state index contributed by atoms with van der Waals surface area (Å²) < 4.78 is 0. The van der Waals surface area contributed by atoms with E-state index in [1.807, 2.05) is 0 Å². The molecule has 2 aliphatic rings. The van der Waals surface area contributed by atoms with Gasteiger partial charge < -0.3 is 4.90 Å². The Hall–Kier alpha value is -0.410. The Morgan fingerprint density at radius 2 is 2.12 bits per heavy atom. The maximum atomic E-state index is 11.3. The van der Waals surface area contributed by atoms with E-state index in [0.717, 1.165) is 32.0 Å². The van der Waals surface area contributed by atoms with Gasteiger partial charge in [0.25, 0.3) is 0 Å². The molecule has 2 aliphatic heterocycles. The van der Waals surface area contributed by atoms with Crippen molar-refractivity contribution in [3.8, 4) is 0 Å². The van der Waals surface area contributed by atoms with Crippen LogP contribution in [-0.4, -0.2) is 54.9 Å². The number of carbonyl (C=O) groups is 1. The fourth-order valence-corrected chi connectivity index (χ4v) is 2.94. The molecule has 0 amide bonds. The maximum Gasteiger partial charge on any atom is 0.146 e. The van der Waals surface area contributed by atoms with E-state index in [1.54, 1.807) is 0 Å². The predicted molar refractivity (Wildman–Crippen MR) is 65.6 cm³/mol. The summed E-state index contributed by atoms with van der Waals surface area (Å²) in [7, 11) is 2.24. The van der Waals surface area contributed by atoms with Crippen molar-refractivity contribution in [2.45, 2.75) is 44.6 Å². The third-order valence-electron chi connectivity index (χ3n) is 4.03. The summed E-state index contributed by atoms with van der Waals surface area (Å²) in [5.74, 6) is 0.434. The van der Waals surface area contributed by atoms with Crippen LogP contribution in [0.25, 0.3) is 0 Å². The molecular weight excluding hydrogens is 200 g/mol. The zero-order valence-corrected chi connectivity index (χ0v) is 10.5. The van der Waals surface area contributed by atoms with Gasteiger partial charge in [-0.25, -0.2) is 0 Å². The van der Waals surface area contributed by atoms with E-state index in [9.17, 15) is 4.79 Å². The first kappa shape index (κ1) is 12.1. The number of Topliss-reactive ketones (excluding diaryl/α,β-unsaturated/α-hetero) is 1. The molecule has 1 unspecified atom stereocenters. The van der Waals surface area contributed by atoms with Gasteiger partial charge in [0.1, 0.15) is 5.78 Å². The Morgan fingerprint density at radius 3 is 2.88 bits per heavy atom. The molecule has 0 N–H and O–H groups in total. The highest BCUT2D eigenvalue weighted by Crippen LogP contribution is 2.18. The lowest BCUT2D eigenvalue weighted by atomic mass is 9.99. The Morgan fingerprint density at radius 1 is 1.25 bits per heavy atom. The van der Waals surface area contributed by atoms with Gasteiger partial charge in [-0.3, -0.25) is 9.69 Å². The largest absolute Gasteiger partial charge is 0.303 e. The minimum atomic E-state index is 0.434. The standard InChI is InChI=1S/C13H24N2O/c1-14-8-3-2-5-12(14)7-10-15-9-4-6-13(16)11-15/h12H,2-11H2,1H3. The second-order valence-corrected chi connectivity index (χ2v) is 5.34. The Bertz CT molecular complexity index is 242. The van der Waals surface area contributed by atoms with Crippen LogP contribution in [0, 0.1) is 0 Å². The summed E-state index contributed by atoms with van der Waals surface area (Å²) in [5.41, 5.74) is 0. The lowest BCUT2D eigenvalue weighted by Crippen LogP contribution is -2.41. The number of hydrogen-bond donors (Lipinski definition) is 0. The van der Waals surface area contributed by atoms with Crippen molar-refractivity contribution in [2.75, 3.05) is 33.2 Å². The van der Waals surface area contributed by atoms with Crippen LogP contribution in [0.4, 0.5) is 0 Å². The van der Waals surface area contributed by atoms with E-state index in [-0.39, 0.29) is 0 Å².